The summed E-state index contributed by atoms with van der Waals surface area (Å²) < 4.78 is 28.6. The number of benzene rings is 1. The van der Waals surface area contributed by atoms with Gasteiger partial charge in [-0.15, -0.1) is 0 Å². The van der Waals surface area contributed by atoms with Gasteiger partial charge in [-0.25, -0.2) is 4.79 Å². The molecule has 0 fully saturated rings. The van der Waals surface area contributed by atoms with E-state index >= 15 is 0 Å². The van der Waals surface area contributed by atoms with Gasteiger partial charge in [-0.3, -0.25) is 9.36 Å². The third kappa shape index (κ3) is 5.27. The Bertz CT molecular complexity index is 559. The molecule has 0 saturated heterocycles. The van der Waals surface area contributed by atoms with Crippen molar-refractivity contribution < 1.29 is 27.9 Å². The highest BCUT2D eigenvalue weighted by molar-refractivity contribution is 7.55. The molecule has 0 radical (unpaired) electrons. The zero-order valence-electron chi connectivity index (χ0n) is 13.9. The van der Waals surface area contributed by atoms with Gasteiger partial charge in [0.1, 0.15) is 0 Å². The Labute approximate surface area is 136 Å². The molecule has 6 nitrogen and oxygen atoms in total. The van der Waals surface area contributed by atoms with Crippen molar-refractivity contribution in [2.24, 2.45) is 0 Å². The minimum atomic E-state index is -3.86. The fraction of sp³-hybridized carbons (Fsp3) is 0.500. The quantitative estimate of drug-likeness (QED) is 0.388. The summed E-state index contributed by atoms with van der Waals surface area (Å²) in [5.41, 5.74) is -0.946. The monoisotopic (exact) mass is 342 g/mol. The lowest BCUT2D eigenvalue weighted by Crippen LogP contribution is -2.28. The second-order valence-corrected chi connectivity index (χ2v) is 7.12. The van der Waals surface area contributed by atoms with Crippen molar-refractivity contribution >= 4 is 19.3 Å². The van der Waals surface area contributed by atoms with Gasteiger partial charge in [0.05, 0.1) is 19.3 Å². The second kappa shape index (κ2) is 8.96. The molecule has 23 heavy (non-hydrogen) atoms. The smallest absolute Gasteiger partial charge is 0.376 e. The number of esters is 1. The number of carbonyl (C=O) groups excluding carboxylic acids is 2. The molecule has 0 spiro atoms. The molecule has 0 aromatic heterocycles. The molecule has 0 aliphatic heterocycles. The number of hydrogen-bond donors (Lipinski definition) is 0. The van der Waals surface area contributed by atoms with Crippen LogP contribution in [0.5, 0.6) is 0 Å². The lowest BCUT2D eigenvalue weighted by molar-refractivity contribution is -0.156. The number of carbonyl (C=O) groups is 2. The predicted molar refractivity (Wildman–Crippen MR) is 86.3 cm³/mol. The first-order valence-electron chi connectivity index (χ1n) is 7.54. The average molecular weight is 342 g/mol. The van der Waals surface area contributed by atoms with Crippen molar-refractivity contribution in [3.05, 3.63) is 35.9 Å². The van der Waals surface area contributed by atoms with Crippen molar-refractivity contribution in [2.45, 2.75) is 39.5 Å². The molecule has 0 bridgehead atoms. The van der Waals surface area contributed by atoms with Crippen LogP contribution in [0.4, 0.5) is 0 Å². The minimum absolute atomic E-state index is 0.0904. The minimum Gasteiger partial charge on any atom is -0.457 e. The Morgan fingerprint density at radius 2 is 1.57 bits per heavy atom. The van der Waals surface area contributed by atoms with E-state index in [4.69, 9.17) is 13.8 Å². The number of Topliss-reactive ketones (excluding diaryl/α,β-unsaturated/α-hetero) is 1. The van der Waals surface area contributed by atoms with Crippen LogP contribution >= 0.6 is 7.60 Å². The van der Waals surface area contributed by atoms with E-state index in [0.29, 0.717) is 5.56 Å². The highest BCUT2D eigenvalue weighted by Crippen LogP contribution is 2.61. The van der Waals surface area contributed by atoms with Gasteiger partial charge in [-0.1, -0.05) is 30.3 Å². The molecule has 7 heteroatoms. The molecule has 1 aromatic carbocycles. The van der Waals surface area contributed by atoms with Gasteiger partial charge in [0.15, 0.2) is 5.66 Å². The Morgan fingerprint density at radius 1 is 1.04 bits per heavy atom. The zero-order valence-corrected chi connectivity index (χ0v) is 14.7. The first-order valence-corrected chi connectivity index (χ1v) is 9.15. The van der Waals surface area contributed by atoms with E-state index in [1.54, 1.807) is 58.0 Å². The van der Waals surface area contributed by atoms with Crippen LogP contribution in [-0.2, 0) is 27.9 Å². The Morgan fingerprint density at radius 3 is 2.00 bits per heavy atom. The van der Waals surface area contributed by atoms with Crippen LogP contribution in [-0.4, -0.2) is 31.1 Å². The number of hydrogen-bond acceptors (Lipinski definition) is 6. The van der Waals surface area contributed by atoms with Crippen LogP contribution in [0.3, 0.4) is 0 Å². The summed E-state index contributed by atoms with van der Waals surface area (Å²) in [5.74, 6) is -1.98. The molecule has 1 unspecified atom stereocenters. The highest BCUT2D eigenvalue weighted by Gasteiger charge is 2.45. The summed E-state index contributed by atoms with van der Waals surface area (Å²) in [5, 5.41) is 0. The lowest BCUT2D eigenvalue weighted by Gasteiger charge is -2.25. The molecule has 1 atom stereocenters. The van der Waals surface area contributed by atoms with Crippen molar-refractivity contribution in [3.63, 3.8) is 0 Å². The SMILES string of the molecule is CCOP(=O)(OCC)C(C(=O)C(=O)OC(C)C)c1ccccc1. The normalized spacial score (nSPS) is 12.9. The largest absolute Gasteiger partial charge is 0.457 e. The summed E-state index contributed by atoms with van der Waals surface area (Å²) in [7, 11) is -3.86. The fourth-order valence-corrected chi connectivity index (χ4v) is 4.07. The summed E-state index contributed by atoms with van der Waals surface area (Å²) in [6, 6.07) is 8.34. The maximum absolute atomic E-state index is 13.1. The highest BCUT2D eigenvalue weighted by atomic mass is 31.2. The molecule has 0 saturated carbocycles. The van der Waals surface area contributed by atoms with E-state index in [-0.39, 0.29) is 13.2 Å². The molecule has 0 aliphatic carbocycles. The first-order chi connectivity index (χ1) is 10.9. The topological polar surface area (TPSA) is 78.9 Å². The van der Waals surface area contributed by atoms with E-state index in [2.05, 4.69) is 0 Å². The zero-order chi connectivity index (χ0) is 17.5. The number of ketones is 1. The standard InChI is InChI=1S/C16H23O6P/c1-5-20-23(19,21-6-2)15(13-10-8-7-9-11-13)14(17)16(18)22-12(3)4/h7-12,15H,5-6H2,1-4H3. The van der Waals surface area contributed by atoms with E-state index < -0.39 is 31.1 Å². The number of ether oxygens (including phenoxy) is 1. The van der Waals surface area contributed by atoms with Gasteiger partial charge < -0.3 is 13.8 Å². The van der Waals surface area contributed by atoms with Gasteiger partial charge >= 0.3 is 13.6 Å². The van der Waals surface area contributed by atoms with Crippen LogP contribution in [0.15, 0.2) is 30.3 Å². The summed E-state index contributed by atoms with van der Waals surface area (Å²) in [6.07, 6.45) is -0.457. The van der Waals surface area contributed by atoms with E-state index in [1.807, 2.05) is 0 Å². The van der Waals surface area contributed by atoms with Crippen LogP contribution in [0, 0.1) is 0 Å². The van der Waals surface area contributed by atoms with Gasteiger partial charge in [0.2, 0.25) is 0 Å². The van der Waals surface area contributed by atoms with Crippen molar-refractivity contribution in [2.75, 3.05) is 13.2 Å². The molecular formula is C16H23O6P. The van der Waals surface area contributed by atoms with Crippen molar-refractivity contribution in [1.29, 1.82) is 0 Å². The second-order valence-electron chi connectivity index (χ2n) is 5.01. The molecule has 0 amide bonds. The Kier molecular flexibility index (Phi) is 7.62. The van der Waals surface area contributed by atoms with Crippen LogP contribution < -0.4 is 0 Å². The third-order valence-electron chi connectivity index (χ3n) is 2.84. The van der Waals surface area contributed by atoms with Gasteiger partial charge in [-0.2, -0.15) is 0 Å². The maximum Gasteiger partial charge on any atom is 0.376 e. The van der Waals surface area contributed by atoms with Gasteiger partial charge in [0, 0.05) is 0 Å². The summed E-state index contributed by atoms with van der Waals surface area (Å²) in [6.45, 7) is 6.73. The Balaban J connectivity index is 3.29. The molecule has 0 heterocycles. The molecule has 128 valence electrons. The van der Waals surface area contributed by atoms with E-state index in [9.17, 15) is 14.2 Å². The van der Waals surface area contributed by atoms with Gasteiger partial charge in [0.25, 0.3) is 5.78 Å². The molecule has 1 rings (SSSR count). The van der Waals surface area contributed by atoms with Crippen LogP contribution in [0.2, 0.25) is 0 Å². The van der Waals surface area contributed by atoms with Crippen molar-refractivity contribution in [1.82, 2.24) is 0 Å². The van der Waals surface area contributed by atoms with Crippen molar-refractivity contribution in [3.8, 4) is 0 Å². The molecule has 0 aliphatic rings. The fourth-order valence-electron chi connectivity index (χ4n) is 2.04. The van der Waals surface area contributed by atoms with Crippen LogP contribution in [0.25, 0.3) is 0 Å². The average Bonchev–Trinajstić information content (AvgIpc) is 2.48. The third-order valence-corrected chi connectivity index (χ3v) is 5.24. The molecule has 1 aromatic rings. The van der Waals surface area contributed by atoms with Crippen LogP contribution in [0.1, 0.15) is 38.9 Å². The van der Waals surface area contributed by atoms with Gasteiger partial charge in [-0.05, 0) is 33.3 Å². The predicted octanol–water partition coefficient (Wildman–Crippen LogP) is 3.51. The molecular weight excluding hydrogens is 319 g/mol. The summed E-state index contributed by atoms with van der Waals surface area (Å²) in [4.78, 5) is 24.6. The van der Waals surface area contributed by atoms with E-state index in [0.717, 1.165) is 0 Å². The molecule has 0 N–H and O–H groups in total. The number of rotatable bonds is 9. The van der Waals surface area contributed by atoms with E-state index in [1.165, 1.54) is 0 Å². The first kappa shape index (κ1) is 19.6. The Hall–Kier alpha value is -1.49. The lowest BCUT2D eigenvalue weighted by atomic mass is 10.1. The summed E-state index contributed by atoms with van der Waals surface area (Å²) >= 11 is 0. The maximum atomic E-state index is 13.1.